The third kappa shape index (κ3) is 3.12. The first-order valence-electron chi connectivity index (χ1n) is 8.37. The molecule has 0 spiro atoms. The van der Waals surface area contributed by atoms with Crippen LogP contribution in [0.2, 0.25) is 0 Å². The van der Waals surface area contributed by atoms with E-state index in [0.717, 1.165) is 12.1 Å². The molecule has 2 aromatic heterocycles. The second-order valence-electron chi connectivity index (χ2n) is 6.78. The Morgan fingerprint density at radius 3 is 2.56 bits per heavy atom. The average Bonchev–Trinajstić information content (AvgIpc) is 3.20. The number of aliphatic hydroxyl groups is 1. The number of anilines is 1. The fraction of sp³-hybridized carbons (Fsp3) is 0.333. The first kappa shape index (κ1) is 17.7. The van der Waals surface area contributed by atoms with Crippen LogP contribution >= 0.6 is 0 Å². The maximum absolute atomic E-state index is 14.0. The maximum Gasteiger partial charge on any atom is 0.419 e. The zero-order valence-electron chi connectivity index (χ0n) is 14.3. The number of hydrogen-bond acceptors (Lipinski definition) is 4. The van der Waals surface area contributed by atoms with Crippen LogP contribution in [0.5, 0.6) is 0 Å². The molecule has 0 saturated heterocycles. The molecule has 1 unspecified atom stereocenters. The summed E-state index contributed by atoms with van der Waals surface area (Å²) in [6, 6.07) is 6.39. The van der Waals surface area contributed by atoms with Gasteiger partial charge in [-0.2, -0.15) is 22.8 Å². The lowest BCUT2D eigenvalue weighted by Crippen LogP contribution is -2.22. The van der Waals surface area contributed by atoms with Gasteiger partial charge in [0.05, 0.1) is 17.2 Å². The fourth-order valence-corrected chi connectivity index (χ4v) is 3.17. The number of hydrogen-bond donors (Lipinski definition) is 2. The highest BCUT2D eigenvalue weighted by molar-refractivity contribution is 5.55. The summed E-state index contributed by atoms with van der Waals surface area (Å²) in [6.07, 6.45) is -2.83. The standard InChI is InChI=1S/C18H16F4N4O/c1-10(27)11-6-15-23-9-24-26(15)16(7-11)25-17(4-5-17)12-2-3-13(14(19)8-12)18(20,21)22/h2-3,6-10,25,27H,4-5H2,1H3. The molecule has 0 amide bonds. The van der Waals surface area contributed by atoms with E-state index in [-0.39, 0.29) is 0 Å². The van der Waals surface area contributed by atoms with E-state index in [1.165, 1.54) is 16.9 Å². The molecule has 0 aliphatic heterocycles. The summed E-state index contributed by atoms with van der Waals surface area (Å²) in [5.74, 6) is -0.768. The molecule has 3 aromatic rings. The topological polar surface area (TPSA) is 62.5 Å². The fourth-order valence-electron chi connectivity index (χ4n) is 3.17. The van der Waals surface area contributed by atoms with Crippen molar-refractivity contribution in [2.24, 2.45) is 0 Å². The van der Waals surface area contributed by atoms with Crippen molar-refractivity contribution in [1.82, 2.24) is 14.6 Å². The molecule has 0 radical (unpaired) electrons. The maximum atomic E-state index is 14.0. The minimum absolute atomic E-state index is 0.434. The lowest BCUT2D eigenvalue weighted by molar-refractivity contribution is -0.140. The normalized spacial score (nSPS) is 17.1. The van der Waals surface area contributed by atoms with Crippen LogP contribution in [0.25, 0.3) is 5.65 Å². The van der Waals surface area contributed by atoms with Crippen molar-refractivity contribution in [2.45, 2.75) is 37.6 Å². The van der Waals surface area contributed by atoms with Crippen LogP contribution in [-0.2, 0) is 11.7 Å². The quantitative estimate of drug-likeness (QED) is 0.671. The smallest absolute Gasteiger partial charge is 0.389 e. The van der Waals surface area contributed by atoms with E-state index in [0.29, 0.717) is 35.4 Å². The highest BCUT2D eigenvalue weighted by Crippen LogP contribution is 2.49. The number of alkyl halides is 3. The predicted molar refractivity (Wildman–Crippen MR) is 89.6 cm³/mol. The Hall–Kier alpha value is -2.68. The van der Waals surface area contributed by atoms with Crippen LogP contribution in [0.1, 0.15) is 42.6 Å². The summed E-state index contributed by atoms with van der Waals surface area (Å²) in [5.41, 5.74) is -0.389. The molecule has 1 aromatic carbocycles. The van der Waals surface area contributed by atoms with Gasteiger partial charge in [0, 0.05) is 0 Å². The predicted octanol–water partition coefficient (Wildman–Crippen LogP) is 4.04. The first-order valence-corrected chi connectivity index (χ1v) is 8.37. The van der Waals surface area contributed by atoms with Gasteiger partial charge in [0.15, 0.2) is 5.65 Å². The van der Waals surface area contributed by atoms with Gasteiger partial charge >= 0.3 is 6.18 Å². The number of nitrogens with zero attached hydrogens (tertiary/aromatic N) is 3. The Morgan fingerprint density at radius 1 is 1.22 bits per heavy atom. The van der Waals surface area contributed by atoms with Gasteiger partial charge in [-0.1, -0.05) is 6.07 Å². The van der Waals surface area contributed by atoms with Crippen molar-refractivity contribution in [3.63, 3.8) is 0 Å². The largest absolute Gasteiger partial charge is 0.419 e. The molecule has 1 aliphatic carbocycles. The van der Waals surface area contributed by atoms with Gasteiger partial charge in [-0.05, 0) is 55.2 Å². The first-order chi connectivity index (χ1) is 12.7. The van der Waals surface area contributed by atoms with E-state index in [4.69, 9.17) is 0 Å². The summed E-state index contributed by atoms with van der Waals surface area (Å²) in [4.78, 5) is 4.11. The molecular weight excluding hydrogens is 364 g/mol. The number of aliphatic hydroxyl groups excluding tert-OH is 1. The highest BCUT2D eigenvalue weighted by Gasteiger charge is 2.46. The number of benzene rings is 1. The molecule has 27 heavy (non-hydrogen) atoms. The van der Waals surface area contributed by atoms with E-state index >= 15 is 0 Å². The molecule has 1 saturated carbocycles. The van der Waals surface area contributed by atoms with Gasteiger partial charge in [-0.25, -0.2) is 9.37 Å². The van der Waals surface area contributed by atoms with Crippen molar-refractivity contribution < 1.29 is 22.7 Å². The number of aromatic nitrogens is 3. The summed E-state index contributed by atoms with van der Waals surface area (Å²) in [6.45, 7) is 1.62. The van der Waals surface area contributed by atoms with Gasteiger partial charge in [0.2, 0.25) is 0 Å². The Morgan fingerprint density at radius 2 is 1.96 bits per heavy atom. The van der Waals surface area contributed by atoms with Crippen molar-refractivity contribution in [3.05, 3.63) is 59.2 Å². The van der Waals surface area contributed by atoms with Crippen LogP contribution in [0, 0.1) is 5.82 Å². The molecule has 5 nitrogen and oxygen atoms in total. The molecular formula is C18H16F4N4O. The zero-order chi connectivity index (χ0) is 19.4. The van der Waals surface area contributed by atoms with E-state index in [2.05, 4.69) is 15.4 Å². The summed E-state index contributed by atoms with van der Waals surface area (Å²) >= 11 is 0. The molecule has 2 heterocycles. The van der Waals surface area contributed by atoms with Gasteiger partial charge in [-0.15, -0.1) is 0 Å². The Bertz CT molecular complexity index is 1010. The van der Waals surface area contributed by atoms with E-state index in [9.17, 15) is 22.7 Å². The SMILES string of the molecule is CC(O)c1cc(NC2(c3ccc(C(F)(F)F)c(F)c3)CC2)n2ncnc2c1. The van der Waals surface area contributed by atoms with Crippen molar-refractivity contribution >= 4 is 11.5 Å². The van der Waals surface area contributed by atoms with Crippen LogP contribution < -0.4 is 5.32 Å². The van der Waals surface area contributed by atoms with Crippen LogP contribution in [-0.4, -0.2) is 19.7 Å². The number of halogens is 4. The number of pyridine rings is 1. The van der Waals surface area contributed by atoms with Gasteiger partial charge < -0.3 is 10.4 Å². The molecule has 0 bridgehead atoms. The van der Waals surface area contributed by atoms with Gasteiger partial charge in [0.25, 0.3) is 0 Å². The minimum Gasteiger partial charge on any atom is -0.389 e. The Kier molecular flexibility index (Phi) is 3.88. The zero-order valence-corrected chi connectivity index (χ0v) is 14.3. The Balaban J connectivity index is 1.72. The third-order valence-corrected chi connectivity index (χ3v) is 4.83. The molecule has 1 fully saturated rings. The Labute approximate surface area is 151 Å². The average molecular weight is 380 g/mol. The monoisotopic (exact) mass is 380 g/mol. The van der Waals surface area contributed by atoms with Crippen molar-refractivity contribution in [3.8, 4) is 0 Å². The second-order valence-corrected chi connectivity index (χ2v) is 6.78. The van der Waals surface area contributed by atoms with E-state index in [1.807, 2.05) is 0 Å². The number of fused-ring (bicyclic) bond motifs is 1. The third-order valence-electron chi connectivity index (χ3n) is 4.83. The van der Waals surface area contributed by atoms with Crippen LogP contribution in [0.3, 0.4) is 0 Å². The van der Waals surface area contributed by atoms with Crippen molar-refractivity contribution in [1.29, 1.82) is 0 Å². The molecule has 2 N–H and O–H groups in total. The molecule has 1 aliphatic rings. The lowest BCUT2D eigenvalue weighted by atomic mass is 10.0. The van der Waals surface area contributed by atoms with E-state index < -0.39 is 29.2 Å². The summed E-state index contributed by atoms with van der Waals surface area (Å²) < 4.78 is 53.9. The molecule has 142 valence electrons. The lowest BCUT2D eigenvalue weighted by Gasteiger charge is -2.21. The second kappa shape index (κ2) is 5.91. The number of rotatable bonds is 4. The van der Waals surface area contributed by atoms with Gasteiger partial charge in [0.1, 0.15) is 18.0 Å². The number of nitrogens with one attached hydrogen (secondary N) is 1. The highest BCUT2D eigenvalue weighted by atomic mass is 19.4. The van der Waals surface area contributed by atoms with Gasteiger partial charge in [-0.3, -0.25) is 0 Å². The van der Waals surface area contributed by atoms with Crippen LogP contribution in [0.15, 0.2) is 36.7 Å². The minimum atomic E-state index is -4.73. The summed E-state index contributed by atoms with van der Waals surface area (Å²) in [7, 11) is 0. The molecule has 1 atom stereocenters. The summed E-state index contributed by atoms with van der Waals surface area (Å²) in [5, 5.41) is 17.3. The molecule has 9 heteroatoms. The van der Waals surface area contributed by atoms with Crippen LogP contribution in [0.4, 0.5) is 23.4 Å². The molecule has 4 rings (SSSR count). The van der Waals surface area contributed by atoms with Crippen molar-refractivity contribution in [2.75, 3.05) is 5.32 Å². The van der Waals surface area contributed by atoms with E-state index in [1.54, 1.807) is 19.1 Å².